The van der Waals surface area contributed by atoms with Crippen molar-refractivity contribution in [1.82, 2.24) is 0 Å². The van der Waals surface area contributed by atoms with Gasteiger partial charge < -0.3 is 15.5 Å². The van der Waals surface area contributed by atoms with E-state index >= 15 is 0 Å². The number of thiophene rings is 1. The lowest BCUT2D eigenvalue weighted by Crippen LogP contribution is -2.11. The number of phenolic OH excluding ortho intramolecular Hbond substituents is 1. The van der Waals surface area contributed by atoms with Gasteiger partial charge in [0.1, 0.15) is 10.6 Å². The zero-order valence-electron chi connectivity index (χ0n) is 10.3. The molecule has 1 aromatic heterocycles. The van der Waals surface area contributed by atoms with Crippen LogP contribution < -0.4 is 5.32 Å². The summed E-state index contributed by atoms with van der Waals surface area (Å²) in [6.45, 7) is 1.79. The van der Waals surface area contributed by atoms with Crippen molar-refractivity contribution in [2.24, 2.45) is 0 Å². The van der Waals surface area contributed by atoms with Crippen LogP contribution in [0.25, 0.3) is 0 Å². The number of carboxylic acids is 1. The van der Waals surface area contributed by atoms with Crippen LogP contribution in [0.15, 0.2) is 23.6 Å². The molecule has 1 amide bonds. The highest BCUT2D eigenvalue weighted by molar-refractivity contribution is 7.13. The molecule has 0 fully saturated rings. The van der Waals surface area contributed by atoms with E-state index in [9.17, 15) is 14.7 Å². The molecule has 104 valence electrons. The summed E-state index contributed by atoms with van der Waals surface area (Å²) in [6, 6.07) is 3.68. The van der Waals surface area contributed by atoms with E-state index in [1.54, 1.807) is 12.3 Å². The van der Waals surface area contributed by atoms with Crippen molar-refractivity contribution >= 4 is 40.5 Å². The van der Waals surface area contributed by atoms with Gasteiger partial charge in [0.05, 0.1) is 16.3 Å². The number of aryl methyl sites for hydroxylation is 1. The number of hydrogen-bond acceptors (Lipinski definition) is 4. The minimum absolute atomic E-state index is 0.0644. The number of halogens is 1. The number of anilines is 1. The van der Waals surface area contributed by atoms with Gasteiger partial charge in [-0.1, -0.05) is 11.6 Å². The second-order valence-electron chi connectivity index (χ2n) is 4.05. The molecule has 1 aromatic carbocycles. The third kappa shape index (κ3) is 2.76. The number of rotatable bonds is 3. The van der Waals surface area contributed by atoms with Gasteiger partial charge in [-0.2, -0.15) is 0 Å². The molecule has 0 spiro atoms. The molecule has 0 aliphatic heterocycles. The molecule has 0 bridgehead atoms. The molecule has 3 N–H and O–H groups in total. The fourth-order valence-corrected chi connectivity index (χ4v) is 2.71. The van der Waals surface area contributed by atoms with Gasteiger partial charge in [-0.15, -0.1) is 11.3 Å². The third-order valence-corrected chi connectivity index (χ3v) is 4.29. The highest BCUT2D eigenvalue weighted by atomic mass is 35.5. The first-order chi connectivity index (χ1) is 9.40. The fourth-order valence-electron chi connectivity index (χ4n) is 1.53. The topological polar surface area (TPSA) is 86.6 Å². The molecule has 20 heavy (non-hydrogen) atoms. The summed E-state index contributed by atoms with van der Waals surface area (Å²) in [4.78, 5) is 23.1. The van der Waals surface area contributed by atoms with Crippen LogP contribution in [0.3, 0.4) is 0 Å². The Morgan fingerprint density at radius 3 is 2.55 bits per heavy atom. The second kappa shape index (κ2) is 5.52. The van der Waals surface area contributed by atoms with Crippen molar-refractivity contribution in [3.8, 4) is 5.75 Å². The molecule has 0 saturated heterocycles. The normalized spacial score (nSPS) is 10.3. The first-order valence-electron chi connectivity index (χ1n) is 5.51. The Kier molecular flexibility index (Phi) is 3.96. The quantitative estimate of drug-likeness (QED) is 0.758. The van der Waals surface area contributed by atoms with Gasteiger partial charge in [0.15, 0.2) is 0 Å². The van der Waals surface area contributed by atoms with Crippen molar-refractivity contribution in [2.75, 3.05) is 5.32 Å². The van der Waals surface area contributed by atoms with Gasteiger partial charge in [-0.05, 0) is 36.1 Å². The number of hydrogen-bond donors (Lipinski definition) is 3. The summed E-state index contributed by atoms with van der Waals surface area (Å²) in [5, 5.41) is 23.1. The maximum Gasteiger partial charge on any atom is 0.335 e. The van der Waals surface area contributed by atoms with Crippen molar-refractivity contribution in [3.63, 3.8) is 0 Å². The van der Waals surface area contributed by atoms with E-state index in [-0.39, 0.29) is 17.0 Å². The average molecular weight is 312 g/mol. The highest BCUT2D eigenvalue weighted by Gasteiger charge is 2.16. The second-order valence-corrected chi connectivity index (χ2v) is 5.31. The fraction of sp³-hybridized carbons (Fsp3) is 0.0769. The van der Waals surface area contributed by atoms with E-state index in [4.69, 9.17) is 16.7 Å². The van der Waals surface area contributed by atoms with E-state index in [0.29, 0.717) is 9.90 Å². The van der Waals surface area contributed by atoms with Crippen molar-refractivity contribution in [1.29, 1.82) is 0 Å². The molecule has 0 aliphatic rings. The molecule has 0 unspecified atom stereocenters. The van der Waals surface area contributed by atoms with Gasteiger partial charge >= 0.3 is 5.97 Å². The van der Waals surface area contributed by atoms with Crippen LogP contribution >= 0.6 is 22.9 Å². The van der Waals surface area contributed by atoms with Crippen LogP contribution in [-0.2, 0) is 0 Å². The maximum atomic E-state index is 12.0. The van der Waals surface area contributed by atoms with Crippen molar-refractivity contribution < 1.29 is 19.8 Å². The largest absolute Gasteiger partial charge is 0.506 e. The van der Waals surface area contributed by atoms with Crippen LogP contribution in [0.1, 0.15) is 25.6 Å². The lowest BCUT2D eigenvalue weighted by atomic mass is 10.2. The number of phenols is 1. The van der Waals surface area contributed by atoms with E-state index in [0.717, 1.165) is 11.6 Å². The van der Waals surface area contributed by atoms with Crippen molar-refractivity contribution in [2.45, 2.75) is 6.92 Å². The molecule has 0 radical (unpaired) electrons. The maximum absolute atomic E-state index is 12.0. The lowest BCUT2D eigenvalue weighted by molar-refractivity contribution is 0.0696. The Morgan fingerprint density at radius 2 is 2.05 bits per heavy atom. The Balaban J connectivity index is 2.24. The number of aromatic carboxylic acids is 1. The summed E-state index contributed by atoms with van der Waals surface area (Å²) < 4.78 is 0. The van der Waals surface area contributed by atoms with Gasteiger partial charge in [0.2, 0.25) is 0 Å². The summed E-state index contributed by atoms with van der Waals surface area (Å²) in [6.07, 6.45) is 0. The van der Waals surface area contributed by atoms with Gasteiger partial charge in [0.25, 0.3) is 5.91 Å². The molecule has 2 aromatic rings. The Morgan fingerprint density at radius 1 is 1.35 bits per heavy atom. The zero-order valence-corrected chi connectivity index (χ0v) is 11.9. The smallest absolute Gasteiger partial charge is 0.335 e. The third-order valence-electron chi connectivity index (χ3n) is 2.60. The molecule has 0 saturated carbocycles. The SMILES string of the molecule is Cc1csc(C(=O)Nc2ccc(C(=O)O)cc2O)c1Cl. The predicted molar refractivity (Wildman–Crippen MR) is 77.1 cm³/mol. The van der Waals surface area contributed by atoms with Gasteiger partial charge in [-0.25, -0.2) is 4.79 Å². The van der Waals surface area contributed by atoms with Crippen LogP contribution in [0.4, 0.5) is 5.69 Å². The molecular formula is C13H10ClNO4S. The number of carboxylic acid groups (broad SMARTS) is 1. The minimum atomic E-state index is -1.16. The molecule has 1 heterocycles. The molecule has 2 rings (SSSR count). The molecule has 5 nitrogen and oxygen atoms in total. The monoisotopic (exact) mass is 311 g/mol. The molecule has 0 aliphatic carbocycles. The number of aromatic hydroxyl groups is 1. The summed E-state index contributed by atoms with van der Waals surface area (Å²) in [7, 11) is 0. The average Bonchev–Trinajstić information content (AvgIpc) is 2.72. The van der Waals surface area contributed by atoms with Gasteiger partial charge in [-0.3, -0.25) is 4.79 Å². The van der Waals surface area contributed by atoms with E-state index in [1.165, 1.54) is 23.5 Å². The number of carbonyl (C=O) groups excluding carboxylic acids is 1. The standard InChI is InChI=1S/C13H10ClNO4S/c1-6-5-20-11(10(6)14)12(17)15-8-3-2-7(13(18)19)4-9(8)16/h2-5,16H,1H3,(H,15,17)(H,18,19). The number of amides is 1. The molecule has 0 atom stereocenters. The Bertz CT molecular complexity index is 696. The molecule has 7 heteroatoms. The minimum Gasteiger partial charge on any atom is -0.506 e. The molecular weight excluding hydrogens is 302 g/mol. The first kappa shape index (κ1) is 14.4. The Labute approximate surface area is 123 Å². The summed E-state index contributed by atoms with van der Waals surface area (Å²) in [5.74, 6) is -1.93. The van der Waals surface area contributed by atoms with E-state index < -0.39 is 11.9 Å². The van der Waals surface area contributed by atoms with E-state index in [2.05, 4.69) is 5.32 Å². The van der Waals surface area contributed by atoms with Gasteiger partial charge in [0, 0.05) is 0 Å². The number of carbonyl (C=O) groups is 2. The lowest BCUT2D eigenvalue weighted by Gasteiger charge is -2.07. The van der Waals surface area contributed by atoms with E-state index in [1.807, 2.05) is 0 Å². The zero-order chi connectivity index (χ0) is 14.9. The van der Waals surface area contributed by atoms with Crippen LogP contribution in [-0.4, -0.2) is 22.1 Å². The van der Waals surface area contributed by atoms with Crippen LogP contribution in [0, 0.1) is 6.92 Å². The number of nitrogens with one attached hydrogen (secondary N) is 1. The highest BCUT2D eigenvalue weighted by Crippen LogP contribution is 2.30. The Hall–Kier alpha value is -2.05. The van der Waals surface area contributed by atoms with Crippen LogP contribution in [0.2, 0.25) is 5.02 Å². The summed E-state index contributed by atoms with van der Waals surface area (Å²) >= 11 is 7.18. The number of benzene rings is 1. The first-order valence-corrected chi connectivity index (χ1v) is 6.77. The predicted octanol–water partition coefficient (Wildman–Crippen LogP) is 3.37. The van der Waals surface area contributed by atoms with Crippen LogP contribution in [0.5, 0.6) is 5.75 Å². The summed E-state index contributed by atoms with van der Waals surface area (Å²) in [5.41, 5.74) is 0.861. The van der Waals surface area contributed by atoms with Crippen molar-refractivity contribution in [3.05, 3.63) is 44.6 Å².